The second kappa shape index (κ2) is 8.24. The summed E-state index contributed by atoms with van der Waals surface area (Å²) in [6.07, 6.45) is 1.74. The summed E-state index contributed by atoms with van der Waals surface area (Å²) in [6, 6.07) is 0. The monoisotopic (exact) mass is 362 g/mol. The van der Waals surface area contributed by atoms with E-state index in [1.54, 1.807) is 27.0 Å². The van der Waals surface area contributed by atoms with Crippen molar-refractivity contribution in [3.63, 3.8) is 0 Å². The molecule has 1 rings (SSSR count). The van der Waals surface area contributed by atoms with Crippen LogP contribution in [0.15, 0.2) is 6.20 Å². The first kappa shape index (κ1) is 20.1. The Morgan fingerprint density at radius 1 is 1.17 bits per heavy atom. The highest BCUT2D eigenvalue weighted by molar-refractivity contribution is 7.52. The molecule has 0 radical (unpaired) electrons. The van der Waals surface area contributed by atoms with E-state index in [0.29, 0.717) is 5.69 Å². The summed E-state index contributed by atoms with van der Waals surface area (Å²) in [5.74, 6) is -0.452. The molecule has 0 aromatic carbocycles. The molecule has 23 heavy (non-hydrogen) atoms. The van der Waals surface area contributed by atoms with Crippen molar-refractivity contribution in [2.45, 2.75) is 46.7 Å². The van der Waals surface area contributed by atoms with Crippen molar-refractivity contribution in [3.05, 3.63) is 11.9 Å². The Balaban J connectivity index is 3.18. The third-order valence-electron chi connectivity index (χ3n) is 3.01. The lowest BCUT2D eigenvalue weighted by molar-refractivity contribution is 0.0519. The molecule has 0 fully saturated rings. The predicted octanol–water partition coefficient (Wildman–Crippen LogP) is 2.83. The Morgan fingerprint density at radius 2 is 1.74 bits per heavy atom. The lowest BCUT2D eigenvalue weighted by Gasteiger charge is -2.17. The van der Waals surface area contributed by atoms with Crippen molar-refractivity contribution in [2.75, 3.05) is 19.8 Å². The predicted molar refractivity (Wildman–Crippen MR) is 92.0 cm³/mol. The molecule has 0 amide bonds. The molecule has 9 heteroatoms. The highest BCUT2D eigenvalue weighted by Gasteiger charge is 2.31. The molecule has 0 spiro atoms. The fourth-order valence-electron chi connectivity index (χ4n) is 2.08. The minimum atomic E-state index is -3.28. The molecule has 0 aliphatic carbocycles. The van der Waals surface area contributed by atoms with Crippen LogP contribution >= 0.6 is 7.60 Å². The Hall–Kier alpha value is -0.953. The molecule has 0 aliphatic heterocycles. The molecule has 0 aliphatic rings. The fourth-order valence-corrected chi connectivity index (χ4v) is 5.01. The zero-order valence-corrected chi connectivity index (χ0v) is 16.7. The van der Waals surface area contributed by atoms with Gasteiger partial charge in [-0.2, -0.15) is 5.10 Å². The molecule has 1 aromatic rings. The first-order valence-electron chi connectivity index (χ1n) is 7.80. The summed E-state index contributed by atoms with van der Waals surface area (Å²) in [4.78, 5) is 12.1. The third kappa shape index (κ3) is 5.56. The van der Waals surface area contributed by atoms with E-state index < -0.39 is 21.6 Å². The van der Waals surface area contributed by atoms with Gasteiger partial charge in [0.2, 0.25) is 0 Å². The molecule has 0 saturated carbocycles. The summed E-state index contributed by atoms with van der Waals surface area (Å²) in [6.45, 7) is 12.5. The summed E-state index contributed by atoms with van der Waals surface area (Å²) in [5, 5.41) is 5.16. The zero-order chi connectivity index (χ0) is 17.7. The number of carbonyl (C=O) groups is 1. The topological polar surface area (TPSA) is 79.7 Å². The van der Waals surface area contributed by atoms with Crippen LogP contribution in [0.3, 0.4) is 0 Å². The van der Waals surface area contributed by atoms with Gasteiger partial charge < -0.3 is 13.8 Å². The van der Waals surface area contributed by atoms with Gasteiger partial charge in [-0.1, -0.05) is 19.6 Å². The van der Waals surface area contributed by atoms with E-state index in [-0.39, 0.29) is 26.1 Å². The number of nitrogens with zero attached hydrogens (tertiary/aromatic N) is 2. The van der Waals surface area contributed by atoms with E-state index in [0.717, 1.165) is 5.19 Å². The van der Waals surface area contributed by atoms with Crippen LogP contribution in [-0.2, 0) is 24.6 Å². The maximum Gasteiger partial charge on any atom is 0.358 e. The highest BCUT2D eigenvalue weighted by Crippen LogP contribution is 2.49. The average Bonchev–Trinajstić information content (AvgIpc) is 2.83. The van der Waals surface area contributed by atoms with Crippen molar-refractivity contribution >= 4 is 26.8 Å². The van der Waals surface area contributed by atoms with Crippen LogP contribution in [0.4, 0.5) is 0 Å². The van der Waals surface area contributed by atoms with Crippen LogP contribution in [0, 0.1) is 0 Å². The smallest absolute Gasteiger partial charge is 0.358 e. The Kier molecular flexibility index (Phi) is 7.19. The Bertz CT molecular complexity index is 572. The minimum absolute atomic E-state index is 0.0223. The van der Waals surface area contributed by atoms with Crippen LogP contribution in [0.1, 0.15) is 31.3 Å². The van der Waals surface area contributed by atoms with E-state index in [4.69, 9.17) is 13.8 Å². The number of hydrogen-bond acceptors (Lipinski definition) is 6. The van der Waals surface area contributed by atoms with Gasteiger partial charge in [0.15, 0.2) is 5.69 Å². The van der Waals surface area contributed by atoms with Gasteiger partial charge >= 0.3 is 13.6 Å². The molecule has 7 nitrogen and oxygen atoms in total. The van der Waals surface area contributed by atoms with E-state index in [1.807, 2.05) is 0 Å². The van der Waals surface area contributed by atoms with Gasteiger partial charge in [0, 0.05) is 6.20 Å². The van der Waals surface area contributed by atoms with Gasteiger partial charge in [0.25, 0.3) is 0 Å². The second-order valence-corrected chi connectivity index (χ2v) is 13.0. The third-order valence-corrected chi connectivity index (χ3v) is 6.93. The maximum atomic E-state index is 12.6. The van der Waals surface area contributed by atoms with Crippen LogP contribution in [0.2, 0.25) is 19.6 Å². The molecule has 0 atom stereocenters. The van der Waals surface area contributed by atoms with E-state index in [1.165, 1.54) is 4.68 Å². The van der Waals surface area contributed by atoms with Crippen molar-refractivity contribution in [1.29, 1.82) is 0 Å². The summed E-state index contributed by atoms with van der Waals surface area (Å²) < 4.78 is 29.8. The van der Waals surface area contributed by atoms with Crippen LogP contribution in [0.25, 0.3) is 0 Å². The maximum absolute atomic E-state index is 12.6. The molecular weight excluding hydrogens is 335 g/mol. The number of aromatic nitrogens is 2. The Labute approximate surface area is 138 Å². The van der Waals surface area contributed by atoms with Gasteiger partial charge in [-0.25, -0.2) is 4.79 Å². The second-order valence-electron chi connectivity index (χ2n) is 5.99. The summed E-state index contributed by atoms with van der Waals surface area (Å²) >= 11 is 0. The molecule has 0 saturated heterocycles. The molecule has 0 bridgehead atoms. The number of carbonyl (C=O) groups excluding carboxylic acids is 1. The van der Waals surface area contributed by atoms with Crippen molar-refractivity contribution < 1.29 is 23.1 Å². The highest BCUT2D eigenvalue weighted by atomic mass is 31.2. The van der Waals surface area contributed by atoms with Crippen LogP contribution in [-0.4, -0.2) is 43.6 Å². The lowest BCUT2D eigenvalue weighted by atomic mass is 10.4. The number of rotatable bonds is 9. The normalized spacial score (nSPS) is 12.4. The van der Waals surface area contributed by atoms with Gasteiger partial charge in [-0.05, 0) is 26.0 Å². The molecule has 0 N–H and O–H groups in total. The lowest BCUT2D eigenvalue weighted by Crippen LogP contribution is -2.40. The van der Waals surface area contributed by atoms with E-state index in [9.17, 15) is 9.36 Å². The molecule has 1 aromatic heterocycles. The summed E-state index contributed by atoms with van der Waals surface area (Å²) in [7, 11) is -5.10. The average molecular weight is 362 g/mol. The molecule has 132 valence electrons. The van der Waals surface area contributed by atoms with Gasteiger partial charge in [-0.15, -0.1) is 0 Å². The number of ether oxygens (including phenoxy) is 1. The van der Waals surface area contributed by atoms with Crippen molar-refractivity contribution in [1.82, 2.24) is 9.78 Å². The first-order chi connectivity index (χ1) is 10.7. The van der Waals surface area contributed by atoms with Gasteiger partial charge in [0.05, 0.1) is 27.9 Å². The van der Waals surface area contributed by atoms with Crippen molar-refractivity contribution in [2.24, 2.45) is 0 Å². The molecule has 0 unspecified atom stereocenters. The summed E-state index contributed by atoms with van der Waals surface area (Å²) in [5.41, 5.74) is 0.297. The molecular formula is C14H27N2O5PSi. The standard InChI is InChI=1S/C14H27N2O5PSi/c1-7-19-14(17)13-12(23(4,5)6)10-16(15-13)11-22(18,20-8-2)21-9-3/h10H,7-9,11H2,1-6H3. The SMILES string of the molecule is CCOC(=O)c1nn(CP(=O)(OCC)OCC)cc1[Si](C)(C)C. The van der Waals surface area contributed by atoms with E-state index in [2.05, 4.69) is 24.7 Å². The zero-order valence-electron chi connectivity index (χ0n) is 14.8. The Morgan fingerprint density at radius 3 is 2.17 bits per heavy atom. The van der Waals surface area contributed by atoms with Crippen molar-refractivity contribution in [3.8, 4) is 0 Å². The first-order valence-corrected chi connectivity index (χ1v) is 13.0. The largest absolute Gasteiger partial charge is 0.461 e. The fraction of sp³-hybridized carbons (Fsp3) is 0.714. The number of hydrogen-bond donors (Lipinski definition) is 0. The quantitative estimate of drug-likeness (QED) is 0.382. The molecule has 1 heterocycles. The van der Waals surface area contributed by atoms with E-state index >= 15 is 0 Å². The van der Waals surface area contributed by atoms with Gasteiger partial charge in [0.1, 0.15) is 6.29 Å². The van der Waals surface area contributed by atoms with Crippen LogP contribution in [0.5, 0.6) is 0 Å². The minimum Gasteiger partial charge on any atom is -0.461 e. The van der Waals surface area contributed by atoms with Gasteiger partial charge in [-0.3, -0.25) is 9.25 Å². The van der Waals surface area contributed by atoms with Crippen LogP contribution < -0.4 is 5.19 Å². The number of esters is 1.